The SMILES string of the molecule is C=CCn1nc(C)c(CCC(=O)Nc2cccc(C(=O)NC)c2)c1C. The largest absolute Gasteiger partial charge is 0.355 e. The average molecular weight is 340 g/mol. The summed E-state index contributed by atoms with van der Waals surface area (Å²) < 4.78 is 1.89. The van der Waals surface area contributed by atoms with Gasteiger partial charge in [-0.2, -0.15) is 5.10 Å². The summed E-state index contributed by atoms with van der Waals surface area (Å²) in [6.07, 6.45) is 2.77. The molecule has 0 aliphatic rings. The molecule has 0 spiro atoms. The van der Waals surface area contributed by atoms with E-state index in [-0.39, 0.29) is 11.8 Å². The molecule has 0 aliphatic carbocycles. The van der Waals surface area contributed by atoms with E-state index in [1.165, 1.54) is 0 Å². The predicted molar refractivity (Wildman–Crippen MR) is 98.7 cm³/mol. The number of hydrogen-bond donors (Lipinski definition) is 2. The van der Waals surface area contributed by atoms with Crippen LogP contribution in [0.15, 0.2) is 36.9 Å². The van der Waals surface area contributed by atoms with Crippen LogP contribution in [0.1, 0.15) is 33.7 Å². The van der Waals surface area contributed by atoms with Crippen molar-refractivity contribution >= 4 is 17.5 Å². The van der Waals surface area contributed by atoms with Crippen LogP contribution in [-0.2, 0) is 17.8 Å². The molecule has 0 unspecified atom stereocenters. The minimum absolute atomic E-state index is 0.0932. The standard InChI is InChI=1S/C19H24N4O2/c1-5-11-23-14(3)17(13(2)22-23)9-10-18(24)21-16-8-6-7-15(12-16)19(25)20-4/h5-8,12H,1,9-11H2,2-4H3,(H,20,25)(H,21,24). The molecule has 0 radical (unpaired) electrons. The molecule has 1 aromatic heterocycles. The molecular formula is C19H24N4O2. The average Bonchev–Trinajstić information content (AvgIpc) is 2.86. The minimum atomic E-state index is -0.183. The summed E-state index contributed by atoms with van der Waals surface area (Å²) >= 11 is 0. The van der Waals surface area contributed by atoms with Crippen LogP contribution in [0.25, 0.3) is 0 Å². The summed E-state index contributed by atoms with van der Waals surface area (Å²) in [5.41, 5.74) is 4.22. The van der Waals surface area contributed by atoms with Crippen molar-refractivity contribution in [1.29, 1.82) is 0 Å². The highest BCUT2D eigenvalue weighted by molar-refractivity contribution is 5.97. The third-order valence-corrected chi connectivity index (χ3v) is 4.07. The Balaban J connectivity index is 2.00. The Kier molecular flexibility index (Phi) is 6.11. The molecule has 25 heavy (non-hydrogen) atoms. The topological polar surface area (TPSA) is 76.0 Å². The van der Waals surface area contributed by atoms with E-state index in [1.54, 1.807) is 37.4 Å². The van der Waals surface area contributed by atoms with Crippen molar-refractivity contribution in [3.63, 3.8) is 0 Å². The van der Waals surface area contributed by atoms with Crippen LogP contribution in [0.5, 0.6) is 0 Å². The normalized spacial score (nSPS) is 10.4. The van der Waals surface area contributed by atoms with E-state index < -0.39 is 0 Å². The molecule has 2 aromatic rings. The van der Waals surface area contributed by atoms with Crippen LogP contribution < -0.4 is 10.6 Å². The monoisotopic (exact) mass is 340 g/mol. The highest BCUT2D eigenvalue weighted by Gasteiger charge is 2.13. The molecule has 2 N–H and O–H groups in total. The van der Waals surface area contributed by atoms with Crippen molar-refractivity contribution in [2.75, 3.05) is 12.4 Å². The van der Waals surface area contributed by atoms with Gasteiger partial charge in [0.05, 0.1) is 12.2 Å². The molecule has 6 nitrogen and oxygen atoms in total. The second-order valence-corrected chi connectivity index (χ2v) is 5.83. The molecule has 0 fully saturated rings. The molecule has 1 aromatic carbocycles. The Hall–Kier alpha value is -2.89. The highest BCUT2D eigenvalue weighted by atomic mass is 16.2. The second-order valence-electron chi connectivity index (χ2n) is 5.83. The van der Waals surface area contributed by atoms with Crippen molar-refractivity contribution in [3.8, 4) is 0 Å². The fourth-order valence-electron chi connectivity index (χ4n) is 2.74. The van der Waals surface area contributed by atoms with E-state index in [9.17, 15) is 9.59 Å². The number of nitrogens with zero attached hydrogens (tertiary/aromatic N) is 2. The number of nitrogens with one attached hydrogen (secondary N) is 2. The maximum atomic E-state index is 12.2. The lowest BCUT2D eigenvalue weighted by Gasteiger charge is -2.07. The van der Waals surface area contributed by atoms with E-state index in [0.717, 1.165) is 17.0 Å². The summed E-state index contributed by atoms with van der Waals surface area (Å²) in [7, 11) is 1.57. The fraction of sp³-hybridized carbons (Fsp3) is 0.316. The maximum absolute atomic E-state index is 12.2. The number of rotatable bonds is 7. The second kappa shape index (κ2) is 8.28. The summed E-state index contributed by atoms with van der Waals surface area (Å²) in [6.45, 7) is 8.34. The Bertz CT molecular complexity index is 793. The van der Waals surface area contributed by atoms with Crippen LogP contribution in [-0.4, -0.2) is 28.6 Å². The van der Waals surface area contributed by atoms with Gasteiger partial charge >= 0.3 is 0 Å². The number of hydrogen-bond acceptors (Lipinski definition) is 3. The number of carbonyl (C=O) groups is 2. The summed E-state index contributed by atoms with van der Waals surface area (Å²) in [5.74, 6) is -0.277. The Morgan fingerprint density at radius 3 is 2.76 bits per heavy atom. The van der Waals surface area contributed by atoms with Gasteiger partial charge in [-0.05, 0) is 44.0 Å². The van der Waals surface area contributed by atoms with E-state index in [2.05, 4.69) is 22.3 Å². The minimum Gasteiger partial charge on any atom is -0.355 e. The van der Waals surface area contributed by atoms with E-state index in [0.29, 0.717) is 30.6 Å². The van der Waals surface area contributed by atoms with Gasteiger partial charge in [0.2, 0.25) is 5.91 Å². The maximum Gasteiger partial charge on any atom is 0.251 e. The third kappa shape index (κ3) is 4.56. The number of allylic oxidation sites excluding steroid dienone is 1. The van der Waals surface area contributed by atoms with Gasteiger partial charge < -0.3 is 10.6 Å². The molecule has 6 heteroatoms. The molecule has 132 valence electrons. The van der Waals surface area contributed by atoms with Crippen molar-refractivity contribution in [1.82, 2.24) is 15.1 Å². The lowest BCUT2D eigenvalue weighted by Crippen LogP contribution is -2.18. The predicted octanol–water partition coefficient (Wildman–Crippen LogP) is 2.62. The molecule has 0 bridgehead atoms. The molecule has 0 atom stereocenters. The van der Waals surface area contributed by atoms with Gasteiger partial charge in [-0.15, -0.1) is 6.58 Å². The van der Waals surface area contributed by atoms with E-state index in [4.69, 9.17) is 0 Å². The summed E-state index contributed by atoms with van der Waals surface area (Å²) in [4.78, 5) is 23.9. The van der Waals surface area contributed by atoms with E-state index >= 15 is 0 Å². The molecular weight excluding hydrogens is 316 g/mol. The summed E-state index contributed by atoms with van der Waals surface area (Å²) in [6, 6.07) is 6.88. The van der Waals surface area contributed by atoms with Crippen molar-refractivity contribution in [3.05, 3.63) is 59.4 Å². The Morgan fingerprint density at radius 2 is 2.08 bits per heavy atom. The van der Waals surface area contributed by atoms with Gasteiger partial charge in [0.25, 0.3) is 5.91 Å². The van der Waals surface area contributed by atoms with Crippen LogP contribution >= 0.6 is 0 Å². The number of benzene rings is 1. The molecule has 0 saturated heterocycles. The summed E-state index contributed by atoms with van der Waals surface area (Å²) in [5, 5.41) is 9.88. The number of aromatic nitrogens is 2. The van der Waals surface area contributed by atoms with Crippen LogP contribution in [0.4, 0.5) is 5.69 Å². The molecule has 2 amide bonds. The first kappa shape index (κ1) is 18.4. The zero-order valence-corrected chi connectivity index (χ0v) is 14.9. The van der Waals surface area contributed by atoms with Crippen molar-refractivity contribution in [2.24, 2.45) is 0 Å². The smallest absolute Gasteiger partial charge is 0.251 e. The van der Waals surface area contributed by atoms with Gasteiger partial charge in [-0.25, -0.2) is 0 Å². The molecule has 1 heterocycles. The van der Waals surface area contributed by atoms with Crippen LogP contribution in [0.2, 0.25) is 0 Å². The first-order valence-corrected chi connectivity index (χ1v) is 8.22. The number of carbonyl (C=O) groups excluding carboxylic acids is 2. The first-order valence-electron chi connectivity index (χ1n) is 8.22. The van der Waals surface area contributed by atoms with E-state index in [1.807, 2.05) is 18.5 Å². The van der Waals surface area contributed by atoms with Crippen molar-refractivity contribution < 1.29 is 9.59 Å². The van der Waals surface area contributed by atoms with Gasteiger partial charge in [-0.3, -0.25) is 14.3 Å². The van der Waals surface area contributed by atoms with Gasteiger partial charge in [0.1, 0.15) is 0 Å². The quantitative estimate of drug-likeness (QED) is 0.761. The van der Waals surface area contributed by atoms with Crippen LogP contribution in [0, 0.1) is 13.8 Å². The third-order valence-electron chi connectivity index (χ3n) is 4.07. The van der Waals surface area contributed by atoms with Crippen LogP contribution in [0.3, 0.4) is 0 Å². The zero-order valence-electron chi connectivity index (χ0n) is 14.9. The van der Waals surface area contributed by atoms with Crippen molar-refractivity contribution in [2.45, 2.75) is 33.2 Å². The molecule has 0 saturated carbocycles. The van der Waals surface area contributed by atoms with Gasteiger partial charge in [0.15, 0.2) is 0 Å². The van der Waals surface area contributed by atoms with Gasteiger partial charge in [0, 0.05) is 30.4 Å². The molecule has 2 rings (SSSR count). The Labute approximate surface area is 147 Å². The number of amides is 2. The lowest BCUT2D eigenvalue weighted by atomic mass is 10.1. The highest BCUT2D eigenvalue weighted by Crippen LogP contribution is 2.16. The number of anilines is 1. The number of aryl methyl sites for hydroxylation is 1. The fourth-order valence-corrected chi connectivity index (χ4v) is 2.74. The van der Waals surface area contributed by atoms with Gasteiger partial charge in [-0.1, -0.05) is 12.1 Å². The molecule has 0 aliphatic heterocycles. The lowest BCUT2D eigenvalue weighted by molar-refractivity contribution is -0.116. The zero-order chi connectivity index (χ0) is 18.4. The Morgan fingerprint density at radius 1 is 1.32 bits per heavy atom. The first-order chi connectivity index (χ1) is 12.0.